The summed E-state index contributed by atoms with van der Waals surface area (Å²) in [7, 11) is 0. The van der Waals surface area contributed by atoms with Gasteiger partial charge >= 0.3 is 0 Å². The molecule has 0 aliphatic rings. The third-order valence-corrected chi connectivity index (χ3v) is 1.72. The predicted octanol–water partition coefficient (Wildman–Crippen LogP) is 1.12. The van der Waals surface area contributed by atoms with E-state index >= 15 is 0 Å². The Morgan fingerprint density at radius 2 is 2.29 bits per heavy atom. The Morgan fingerprint density at radius 3 is 3.00 bits per heavy atom. The SMILES string of the molecule is c1ccc(NCCc2ncno2)nc1. The van der Waals surface area contributed by atoms with Crippen LogP contribution < -0.4 is 5.32 Å². The summed E-state index contributed by atoms with van der Waals surface area (Å²) in [6, 6.07) is 5.72. The van der Waals surface area contributed by atoms with Gasteiger partial charge in [-0.15, -0.1) is 0 Å². The molecular weight excluding hydrogens is 180 g/mol. The predicted molar refractivity (Wildman–Crippen MR) is 50.7 cm³/mol. The molecule has 0 aliphatic heterocycles. The van der Waals surface area contributed by atoms with Gasteiger partial charge < -0.3 is 9.84 Å². The lowest BCUT2D eigenvalue weighted by Crippen LogP contribution is -2.05. The summed E-state index contributed by atoms with van der Waals surface area (Å²) in [5, 5.41) is 6.66. The van der Waals surface area contributed by atoms with Gasteiger partial charge in [0.2, 0.25) is 5.89 Å². The van der Waals surface area contributed by atoms with Crippen molar-refractivity contribution in [2.45, 2.75) is 6.42 Å². The van der Waals surface area contributed by atoms with Gasteiger partial charge in [-0.1, -0.05) is 11.2 Å². The lowest BCUT2D eigenvalue weighted by molar-refractivity contribution is 0.379. The molecule has 0 amide bonds. The largest absolute Gasteiger partial charge is 0.370 e. The molecule has 0 saturated carbocycles. The monoisotopic (exact) mass is 190 g/mol. The number of rotatable bonds is 4. The van der Waals surface area contributed by atoms with Gasteiger partial charge in [0.05, 0.1) is 0 Å². The quantitative estimate of drug-likeness (QED) is 0.782. The molecule has 2 aromatic heterocycles. The number of pyridine rings is 1. The second kappa shape index (κ2) is 4.36. The minimum atomic E-state index is 0.633. The van der Waals surface area contributed by atoms with Crippen LogP contribution in [0.2, 0.25) is 0 Å². The molecule has 2 heterocycles. The molecule has 0 atom stereocenters. The number of nitrogens with one attached hydrogen (secondary N) is 1. The normalized spacial score (nSPS) is 10.0. The fraction of sp³-hybridized carbons (Fsp3) is 0.222. The minimum absolute atomic E-state index is 0.633. The van der Waals surface area contributed by atoms with Crippen molar-refractivity contribution in [2.24, 2.45) is 0 Å². The molecule has 0 aromatic carbocycles. The van der Waals surface area contributed by atoms with Crippen LogP contribution in [0.5, 0.6) is 0 Å². The Morgan fingerprint density at radius 1 is 1.29 bits per heavy atom. The standard InChI is InChI=1S/C9H10N4O/c1-2-5-10-8(3-1)11-6-4-9-12-7-13-14-9/h1-3,5,7H,4,6H2,(H,10,11). The summed E-state index contributed by atoms with van der Waals surface area (Å²) in [5.74, 6) is 1.49. The molecule has 0 unspecified atom stereocenters. The average molecular weight is 190 g/mol. The smallest absolute Gasteiger partial charge is 0.228 e. The molecule has 5 nitrogen and oxygen atoms in total. The van der Waals surface area contributed by atoms with Gasteiger partial charge in [-0.2, -0.15) is 4.98 Å². The lowest BCUT2D eigenvalue weighted by Gasteiger charge is -2.01. The minimum Gasteiger partial charge on any atom is -0.370 e. The van der Waals surface area contributed by atoms with Crippen LogP contribution in [-0.4, -0.2) is 21.7 Å². The first kappa shape index (κ1) is 8.68. The molecule has 5 heteroatoms. The van der Waals surface area contributed by atoms with Gasteiger partial charge in [0.1, 0.15) is 5.82 Å². The van der Waals surface area contributed by atoms with E-state index in [-0.39, 0.29) is 0 Å². The van der Waals surface area contributed by atoms with E-state index in [9.17, 15) is 0 Å². The Labute approximate surface area is 81.2 Å². The molecule has 0 spiro atoms. The number of nitrogens with zero attached hydrogens (tertiary/aromatic N) is 3. The molecule has 2 aromatic rings. The summed E-state index contributed by atoms with van der Waals surface area (Å²) in [6.45, 7) is 0.735. The fourth-order valence-electron chi connectivity index (χ4n) is 1.07. The van der Waals surface area contributed by atoms with Crippen LogP contribution >= 0.6 is 0 Å². The van der Waals surface area contributed by atoms with Gasteiger partial charge in [0.25, 0.3) is 0 Å². The van der Waals surface area contributed by atoms with E-state index in [2.05, 4.69) is 20.4 Å². The Hall–Kier alpha value is -1.91. The van der Waals surface area contributed by atoms with Crippen molar-refractivity contribution in [1.29, 1.82) is 0 Å². The maximum atomic E-state index is 4.85. The Balaban J connectivity index is 1.79. The van der Waals surface area contributed by atoms with Crippen molar-refractivity contribution in [3.05, 3.63) is 36.6 Å². The highest BCUT2D eigenvalue weighted by Crippen LogP contribution is 2.00. The number of aromatic nitrogens is 3. The second-order valence-electron chi connectivity index (χ2n) is 2.73. The molecule has 0 radical (unpaired) electrons. The number of hydrogen-bond acceptors (Lipinski definition) is 5. The summed E-state index contributed by atoms with van der Waals surface area (Å²) in [6.07, 6.45) is 3.85. The topological polar surface area (TPSA) is 63.8 Å². The van der Waals surface area contributed by atoms with Crippen molar-refractivity contribution in [2.75, 3.05) is 11.9 Å². The third-order valence-electron chi connectivity index (χ3n) is 1.72. The van der Waals surface area contributed by atoms with Crippen LogP contribution in [0.3, 0.4) is 0 Å². The summed E-state index contributed by atoms with van der Waals surface area (Å²) in [4.78, 5) is 8.03. The Kier molecular flexibility index (Phi) is 2.70. The third kappa shape index (κ3) is 2.29. The highest BCUT2D eigenvalue weighted by Gasteiger charge is 1.98. The van der Waals surface area contributed by atoms with Crippen LogP contribution in [0.25, 0.3) is 0 Å². The molecule has 14 heavy (non-hydrogen) atoms. The maximum Gasteiger partial charge on any atom is 0.228 e. The van der Waals surface area contributed by atoms with Gasteiger partial charge in [-0.05, 0) is 12.1 Å². The van der Waals surface area contributed by atoms with Crippen molar-refractivity contribution >= 4 is 5.82 Å². The van der Waals surface area contributed by atoms with E-state index in [0.29, 0.717) is 12.3 Å². The summed E-state index contributed by atoms with van der Waals surface area (Å²) in [5.41, 5.74) is 0. The molecule has 0 aliphatic carbocycles. The molecule has 0 saturated heterocycles. The van der Waals surface area contributed by atoms with Crippen LogP contribution in [-0.2, 0) is 6.42 Å². The zero-order valence-corrected chi connectivity index (χ0v) is 7.55. The van der Waals surface area contributed by atoms with Crippen molar-refractivity contribution in [1.82, 2.24) is 15.1 Å². The van der Waals surface area contributed by atoms with Crippen LogP contribution in [0.4, 0.5) is 5.82 Å². The first-order valence-electron chi connectivity index (χ1n) is 4.35. The summed E-state index contributed by atoms with van der Waals surface area (Å²) < 4.78 is 4.85. The van der Waals surface area contributed by atoms with Crippen molar-refractivity contribution in [3.63, 3.8) is 0 Å². The van der Waals surface area contributed by atoms with E-state index in [1.54, 1.807) is 6.20 Å². The average Bonchev–Trinajstić information content (AvgIpc) is 2.72. The lowest BCUT2D eigenvalue weighted by atomic mass is 10.4. The van der Waals surface area contributed by atoms with Crippen molar-refractivity contribution in [3.8, 4) is 0 Å². The number of hydrogen-bond donors (Lipinski definition) is 1. The highest BCUT2D eigenvalue weighted by atomic mass is 16.5. The molecule has 1 N–H and O–H groups in total. The van der Waals surface area contributed by atoms with E-state index in [1.807, 2.05) is 18.2 Å². The van der Waals surface area contributed by atoms with E-state index < -0.39 is 0 Å². The molecule has 72 valence electrons. The maximum absolute atomic E-state index is 4.85. The van der Waals surface area contributed by atoms with Gasteiger partial charge in [0, 0.05) is 19.2 Å². The zero-order chi connectivity index (χ0) is 9.64. The molecule has 2 rings (SSSR count). The number of anilines is 1. The van der Waals surface area contributed by atoms with E-state index in [4.69, 9.17) is 4.52 Å². The highest BCUT2D eigenvalue weighted by molar-refractivity contribution is 5.32. The molecule has 0 fully saturated rings. The molecular formula is C9H10N4O. The first-order valence-corrected chi connectivity index (χ1v) is 4.35. The molecule has 0 bridgehead atoms. The first-order chi connectivity index (χ1) is 6.95. The Bertz CT molecular complexity index is 360. The van der Waals surface area contributed by atoms with Crippen molar-refractivity contribution < 1.29 is 4.52 Å². The van der Waals surface area contributed by atoms with Gasteiger partial charge in [0.15, 0.2) is 6.33 Å². The summed E-state index contributed by atoms with van der Waals surface area (Å²) >= 11 is 0. The van der Waals surface area contributed by atoms with Gasteiger partial charge in [-0.3, -0.25) is 0 Å². The van der Waals surface area contributed by atoms with Crippen LogP contribution in [0, 0.1) is 0 Å². The fourth-order valence-corrected chi connectivity index (χ4v) is 1.07. The van der Waals surface area contributed by atoms with E-state index in [0.717, 1.165) is 12.4 Å². The van der Waals surface area contributed by atoms with Crippen LogP contribution in [0.15, 0.2) is 35.2 Å². The van der Waals surface area contributed by atoms with Crippen LogP contribution in [0.1, 0.15) is 5.89 Å². The van der Waals surface area contributed by atoms with Gasteiger partial charge in [-0.25, -0.2) is 4.98 Å². The second-order valence-corrected chi connectivity index (χ2v) is 2.73. The zero-order valence-electron chi connectivity index (χ0n) is 7.55. The van der Waals surface area contributed by atoms with E-state index in [1.165, 1.54) is 6.33 Å².